The second-order valence-electron chi connectivity index (χ2n) is 9.31. The molecule has 0 spiro atoms. The van der Waals surface area contributed by atoms with Crippen LogP contribution in [0.15, 0.2) is 84.9 Å². The van der Waals surface area contributed by atoms with Gasteiger partial charge in [0.15, 0.2) is 0 Å². The first-order valence-electron chi connectivity index (χ1n) is 11.8. The van der Waals surface area contributed by atoms with E-state index < -0.39 is 0 Å². The Labute approximate surface area is 225 Å². The Bertz CT molecular complexity index is 1350. The van der Waals surface area contributed by atoms with E-state index in [9.17, 15) is 0 Å². The second-order valence-corrected chi connectivity index (χ2v) is 18.7. The van der Waals surface area contributed by atoms with E-state index in [1.54, 1.807) is 34.5 Å². The molecule has 5 aromatic rings. The molecule has 0 fully saturated rings. The minimum atomic E-state index is 0. The summed E-state index contributed by atoms with van der Waals surface area (Å²) in [4.78, 5) is 0. The van der Waals surface area contributed by atoms with Crippen molar-refractivity contribution >= 4 is 27.0 Å². The van der Waals surface area contributed by atoms with Crippen molar-refractivity contribution in [3.05, 3.63) is 107 Å². The van der Waals surface area contributed by atoms with Crippen LogP contribution < -0.4 is 12.4 Å². The van der Waals surface area contributed by atoms with Crippen LogP contribution in [0.5, 0.6) is 0 Å². The zero-order valence-corrected chi connectivity index (χ0v) is 24.8. The molecule has 0 atom stereocenters. The minimum absolute atomic E-state index is 0. The second kappa shape index (κ2) is 12.3. The fourth-order valence-electron chi connectivity index (χ4n) is 4.81. The predicted octanol–water partition coefficient (Wildman–Crippen LogP) is 5.68. The van der Waals surface area contributed by atoms with Crippen molar-refractivity contribution in [3.8, 4) is 11.1 Å². The van der Waals surface area contributed by atoms with Crippen LogP contribution in [0.4, 0.5) is 0 Å². The van der Waals surface area contributed by atoms with Gasteiger partial charge in [0.2, 0.25) is 0 Å². The zero-order chi connectivity index (χ0) is 23.4. The van der Waals surface area contributed by atoms with Gasteiger partial charge in [-0.05, 0) is 24.8 Å². The Balaban J connectivity index is 0.000000182. The van der Waals surface area contributed by atoms with Gasteiger partial charge < -0.3 is 12.4 Å². The molecule has 0 radical (unpaired) electrons. The number of rotatable bonds is 1. The van der Waals surface area contributed by atoms with Gasteiger partial charge in [0.1, 0.15) is 0 Å². The maximum atomic E-state index is 2.41. The van der Waals surface area contributed by atoms with Crippen LogP contribution in [-0.4, -0.2) is 5.43 Å². The van der Waals surface area contributed by atoms with Gasteiger partial charge in [0.25, 0.3) is 0 Å². The Morgan fingerprint density at radius 3 is 2.09 bits per heavy atom. The molecule has 0 saturated carbocycles. The quantitative estimate of drug-likeness (QED) is 0.183. The SMILES string of the molecule is C[Si](C)=[Zr].Cc1cc2c(-c3ccccc3)c3c(cc2[cH-]1)CCC3.Cc1cc2ccccc2[cH-]1.[Cl-]. The van der Waals surface area contributed by atoms with Gasteiger partial charge in [0, 0.05) is 0 Å². The summed E-state index contributed by atoms with van der Waals surface area (Å²) in [5.74, 6) is 0. The molecule has 0 bridgehead atoms. The van der Waals surface area contributed by atoms with Gasteiger partial charge in [0.05, 0.1) is 0 Å². The summed E-state index contributed by atoms with van der Waals surface area (Å²) >= 11 is 1.74. The van der Waals surface area contributed by atoms with E-state index in [0.29, 0.717) is 0 Å². The van der Waals surface area contributed by atoms with Crippen molar-refractivity contribution in [1.82, 2.24) is 0 Å². The van der Waals surface area contributed by atoms with E-state index in [4.69, 9.17) is 0 Å². The number of aryl methyl sites for hydroxylation is 3. The third kappa shape index (κ3) is 6.48. The van der Waals surface area contributed by atoms with E-state index >= 15 is 0 Å². The van der Waals surface area contributed by atoms with Crippen LogP contribution in [0.25, 0.3) is 32.7 Å². The molecule has 5 aromatic carbocycles. The van der Waals surface area contributed by atoms with Crippen molar-refractivity contribution < 1.29 is 35.7 Å². The van der Waals surface area contributed by atoms with E-state index in [-0.39, 0.29) is 17.8 Å². The summed E-state index contributed by atoms with van der Waals surface area (Å²) < 4.78 is 0. The molecule has 0 nitrogen and oxygen atoms in total. The molecule has 174 valence electrons. The van der Waals surface area contributed by atoms with E-state index in [1.807, 2.05) is 0 Å². The zero-order valence-electron chi connectivity index (χ0n) is 20.6. The molecule has 34 heavy (non-hydrogen) atoms. The number of halogens is 1. The summed E-state index contributed by atoms with van der Waals surface area (Å²) in [7, 11) is 0. The molecule has 3 heteroatoms. The van der Waals surface area contributed by atoms with Gasteiger partial charge in [-0.3, -0.25) is 0 Å². The van der Waals surface area contributed by atoms with Crippen LogP contribution in [0.3, 0.4) is 0 Å². The fourth-order valence-corrected chi connectivity index (χ4v) is 4.81. The molecule has 0 saturated heterocycles. The van der Waals surface area contributed by atoms with Crippen molar-refractivity contribution in [1.29, 1.82) is 0 Å². The molecule has 0 aromatic heterocycles. The third-order valence-corrected chi connectivity index (χ3v) is 6.05. The maximum absolute atomic E-state index is 2.41. The number of hydrogen-bond acceptors (Lipinski definition) is 0. The Morgan fingerprint density at radius 1 is 0.765 bits per heavy atom. The standard InChI is InChI=1S/C19H17.C10H9.C2H6Si.ClH.Zr/c1-13-10-16-12-15-8-5-9-17(15)19(18(16)11-13)14-6-3-2-4-7-14;1-8-6-9-4-2-3-5-10(9)7-8;1-3-2;;/h2-4,6-7,10-12H,5,8-9H2,1H3;2-7H,1H3;1-2H3;1H;/q2*-1;;;/p-1. The van der Waals surface area contributed by atoms with Gasteiger partial charge in [-0.2, -0.15) is 12.1 Å². The van der Waals surface area contributed by atoms with Crippen LogP contribution in [0.1, 0.15) is 28.7 Å². The molecule has 6 rings (SSSR count). The van der Waals surface area contributed by atoms with Crippen LogP contribution in [0.2, 0.25) is 13.1 Å². The van der Waals surface area contributed by atoms with E-state index in [0.717, 1.165) is 0 Å². The van der Waals surface area contributed by atoms with Gasteiger partial charge in [-0.15, -0.1) is 69.1 Å². The van der Waals surface area contributed by atoms with Gasteiger partial charge >= 0.3 is 41.9 Å². The van der Waals surface area contributed by atoms with Crippen LogP contribution in [-0.2, 0) is 36.2 Å². The molecular weight excluding hydrogens is 527 g/mol. The Morgan fingerprint density at radius 2 is 1.38 bits per heavy atom. The first-order valence-corrected chi connectivity index (χ1v) is 18.0. The molecule has 0 amide bonds. The molecule has 1 aliphatic rings. The summed E-state index contributed by atoms with van der Waals surface area (Å²) in [5, 5.41) is 5.54. The molecule has 0 N–H and O–H groups in total. The average molecular weight is 559 g/mol. The number of benzene rings is 3. The van der Waals surface area contributed by atoms with Crippen molar-refractivity contribution in [3.63, 3.8) is 0 Å². The Kier molecular flexibility index (Phi) is 9.72. The van der Waals surface area contributed by atoms with Crippen LogP contribution in [0, 0.1) is 13.8 Å². The molecule has 0 heterocycles. The summed E-state index contributed by atoms with van der Waals surface area (Å²) in [6.07, 6.45) is 3.79. The predicted molar refractivity (Wildman–Crippen MR) is 143 cm³/mol. The fraction of sp³-hybridized carbons (Fsp3) is 0.226. The maximum Gasteiger partial charge on any atom is -0.0276 e. The first kappa shape index (κ1) is 26.9. The topological polar surface area (TPSA) is 0 Å². The van der Waals surface area contributed by atoms with E-state index in [2.05, 4.69) is 112 Å². The average Bonchev–Trinajstić information content (AvgIpc) is 3.48. The number of hydrogen-bond donors (Lipinski definition) is 0. The van der Waals surface area contributed by atoms with E-state index in [1.165, 1.54) is 63.1 Å². The summed E-state index contributed by atoms with van der Waals surface area (Å²) in [6, 6.07) is 30.8. The molecule has 1 aliphatic carbocycles. The monoisotopic (exact) mass is 557 g/mol. The van der Waals surface area contributed by atoms with Crippen molar-refractivity contribution in [2.75, 3.05) is 0 Å². The van der Waals surface area contributed by atoms with Gasteiger partial charge in [-0.25, -0.2) is 0 Å². The summed E-state index contributed by atoms with van der Waals surface area (Å²) in [5.41, 5.74) is 8.94. The Hall–Kier alpha value is -1.73. The normalized spacial score (nSPS) is 11.6. The van der Waals surface area contributed by atoms with Crippen molar-refractivity contribution in [2.24, 2.45) is 0 Å². The molecule has 0 unspecified atom stereocenters. The smallest absolute Gasteiger partial charge is 0.0276 e. The largest absolute Gasteiger partial charge is 1.00 e. The van der Waals surface area contributed by atoms with Crippen LogP contribution >= 0.6 is 0 Å². The number of fused-ring (bicyclic) bond motifs is 3. The first-order chi connectivity index (χ1) is 15.9. The van der Waals surface area contributed by atoms with Crippen molar-refractivity contribution in [2.45, 2.75) is 46.2 Å². The summed E-state index contributed by atoms with van der Waals surface area (Å²) in [6.45, 7) is 8.94. The molecular formula is C31H32ClSiZr-3. The minimum Gasteiger partial charge on any atom is -1.00 e. The molecule has 0 aliphatic heterocycles. The third-order valence-electron chi connectivity index (χ3n) is 6.05. The van der Waals surface area contributed by atoms with Gasteiger partial charge in [-0.1, -0.05) is 66.9 Å².